The SMILES string of the molecule is Cc1cc(COc2c(Br)ccc3ncnc(N)c23)ccc1Oc1ccn2ncnc2c1. The lowest BCUT2D eigenvalue weighted by molar-refractivity contribution is 0.308. The Bertz CT molecular complexity index is 1420. The Balaban J connectivity index is 1.36. The molecule has 3 aromatic heterocycles. The number of nitrogens with two attached hydrogens (primary N) is 1. The Morgan fingerprint density at radius 1 is 1.03 bits per heavy atom. The number of hydrogen-bond donors (Lipinski definition) is 1. The Morgan fingerprint density at radius 2 is 1.94 bits per heavy atom. The first-order valence-corrected chi connectivity index (χ1v) is 10.3. The van der Waals surface area contributed by atoms with E-state index in [-0.39, 0.29) is 0 Å². The highest BCUT2D eigenvalue weighted by Crippen LogP contribution is 2.36. The van der Waals surface area contributed by atoms with Crippen LogP contribution in [0.3, 0.4) is 0 Å². The highest BCUT2D eigenvalue weighted by molar-refractivity contribution is 9.10. The number of fused-ring (bicyclic) bond motifs is 2. The van der Waals surface area contributed by atoms with Gasteiger partial charge in [-0.3, -0.25) is 0 Å². The topological polar surface area (TPSA) is 100 Å². The monoisotopic (exact) mass is 476 g/mol. The van der Waals surface area contributed by atoms with Crippen LogP contribution in [0.25, 0.3) is 16.6 Å². The van der Waals surface area contributed by atoms with E-state index < -0.39 is 0 Å². The van der Waals surface area contributed by atoms with Crippen molar-refractivity contribution >= 4 is 38.3 Å². The van der Waals surface area contributed by atoms with Crippen LogP contribution < -0.4 is 15.2 Å². The number of halogens is 1. The standard InChI is InChI=1S/C22H17BrN6O2/c1-13-8-14(2-5-18(13)31-15-6-7-29-19(9-15)26-12-28-29)10-30-21-16(23)3-4-17-20(21)22(24)27-11-25-17/h2-9,11-12H,10H2,1H3,(H2,24,25,27). The van der Waals surface area contributed by atoms with Gasteiger partial charge in [-0.05, 0) is 64.3 Å². The third kappa shape index (κ3) is 3.75. The summed E-state index contributed by atoms with van der Waals surface area (Å²) in [6, 6.07) is 13.4. The fraction of sp³-hybridized carbons (Fsp3) is 0.0909. The average molecular weight is 477 g/mol. The summed E-state index contributed by atoms with van der Waals surface area (Å²) in [5.41, 5.74) is 9.50. The van der Waals surface area contributed by atoms with Gasteiger partial charge in [0.05, 0.1) is 15.4 Å². The number of aryl methyl sites for hydroxylation is 1. The lowest BCUT2D eigenvalue weighted by Gasteiger charge is -2.14. The summed E-state index contributed by atoms with van der Waals surface area (Å²) >= 11 is 3.54. The van der Waals surface area contributed by atoms with Crippen molar-refractivity contribution in [2.24, 2.45) is 0 Å². The molecule has 5 rings (SSSR count). The highest BCUT2D eigenvalue weighted by atomic mass is 79.9. The molecule has 0 radical (unpaired) electrons. The Kier molecular flexibility index (Phi) is 4.87. The quantitative estimate of drug-likeness (QED) is 0.392. The molecule has 31 heavy (non-hydrogen) atoms. The number of pyridine rings is 1. The Hall–Kier alpha value is -3.72. The van der Waals surface area contributed by atoms with Gasteiger partial charge in [0.2, 0.25) is 0 Å². The molecule has 0 fully saturated rings. The van der Waals surface area contributed by atoms with Crippen molar-refractivity contribution in [3.05, 3.63) is 76.9 Å². The minimum Gasteiger partial charge on any atom is -0.487 e. The molecule has 0 aliphatic rings. The van der Waals surface area contributed by atoms with Crippen molar-refractivity contribution < 1.29 is 9.47 Å². The first kappa shape index (κ1) is 19.3. The zero-order chi connectivity index (χ0) is 21.4. The normalized spacial score (nSPS) is 11.2. The van der Waals surface area contributed by atoms with Gasteiger partial charge in [0.15, 0.2) is 5.65 Å². The maximum absolute atomic E-state index is 6.10. The predicted molar refractivity (Wildman–Crippen MR) is 120 cm³/mol. The summed E-state index contributed by atoms with van der Waals surface area (Å²) in [6.07, 6.45) is 4.76. The fourth-order valence-corrected chi connectivity index (χ4v) is 3.76. The Labute approximate surface area is 185 Å². The van der Waals surface area contributed by atoms with Crippen LogP contribution in [-0.4, -0.2) is 24.6 Å². The second-order valence-electron chi connectivity index (χ2n) is 6.95. The van der Waals surface area contributed by atoms with E-state index >= 15 is 0 Å². The van der Waals surface area contributed by atoms with Crippen LogP contribution >= 0.6 is 15.9 Å². The molecule has 0 bridgehead atoms. The summed E-state index contributed by atoms with van der Waals surface area (Å²) in [5.74, 6) is 2.46. The largest absolute Gasteiger partial charge is 0.487 e. The van der Waals surface area contributed by atoms with Crippen LogP contribution in [0.2, 0.25) is 0 Å². The van der Waals surface area contributed by atoms with E-state index in [1.165, 1.54) is 12.7 Å². The van der Waals surface area contributed by atoms with Crippen molar-refractivity contribution in [2.75, 3.05) is 5.73 Å². The van der Waals surface area contributed by atoms with E-state index in [0.29, 0.717) is 29.3 Å². The number of ether oxygens (including phenoxy) is 2. The Morgan fingerprint density at radius 3 is 2.81 bits per heavy atom. The van der Waals surface area contributed by atoms with Gasteiger partial charge in [-0.15, -0.1) is 0 Å². The van der Waals surface area contributed by atoms with Gasteiger partial charge in [-0.1, -0.05) is 6.07 Å². The van der Waals surface area contributed by atoms with Crippen molar-refractivity contribution in [2.45, 2.75) is 13.5 Å². The molecule has 0 amide bonds. The molecular formula is C22H17BrN6O2. The first-order valence-electron chi connectivity index (χ1n) is 9.47. The molecule has 0 spiro atoms. The van der Waals surface area contributed by atoms with Crippen LogP contribution in [0.1, 0.15) is 11.1 Å². The third-order valence-electron chi connectivity index (χ3n) is 4.84. The fourth-order valence-electron chi connectivity index (χ4n) is 3.32. The molecule has 2 aromatic carbocycles. The zero-order valence-corrected chi connectivity index (χ0v) is 18.1. The smallest absolute Gasteiger partial charge is 0.158 e. The number of nitrogens with zero attached hydrogens (tertiary/aromatic N) is 5. The van der Waals surface area contributed by atoms with E-state index in [1.54, 1.807) is 4.52 Å². The number of benzene rings is 2. The lowest BCUT2D eigenvalue weighted by atomic mass is 10.1. The van der Waals surface area contributed by atoms with Crippen LogP contribution in [0.4, 0.5) is 5.82 Å². The molecule has 154 valence electrons. The summed E-state index contributed by atoms with van der Waals surface area (Å²) in [4.78, 5) is 12.5. The van der Waals surface area contributed by atoms with Crippen LogP contribution in [0, 0.1) is 6.92 Å². The van der Waals surface area contributed by atoms with Crippen LogP contribution in [0.5, 0.6) is 17.2 Å². The van der Waals surface area contributed by atoms with Gasteiger partial charge in [-0.2, -0.15) is 5.10 Å². The minimum atomic E-state index is 0.360. The van der Waals surface area contributed by atoms with Crippen molar-refractivity contribution in [1.29, 1.82) is 0 Å². The second kappa shape index (κ2) is 7.84. The molecule has 9 heteroatoms. The van der Waals surface area contributed by atoms with Crippen molar-refractivity contribution in [3.8, 4) is 17.2 Å². The predicted octanol–water partition coefficient (Wildman–Crippen LogP) is 4.70. The molecule has 0 atom stereocenters. The van der Waals surface area contributed by atoms with Gasteiger partial charge in [0.1, 0.15) is 42.3 Å². The van der Waals surface area contributed by atoms with Gasteiger partial charge in [0.25, 0.3) is 0 Å². The highest BCUT2D eigenvalue weighted by Gasteiger charge is 2.13. The molecule has 5 aromatic rings. The molecule has 0 saturated carbocycles. The molecule has 0 aliphatic carbocycles. The molecule has 3 heterocycles. The molecular weight excluding hydrogens is 460 g/mol. The number of anilines is 1. The van der Waals surface area contributed by atoms with E-state index in [2.05, 4.69) is 36.0 Å². The number of hydrogen-bond acceptors (Lipinski definition) is 7. The summed E-state index contributed by atoms with van der Waals surface area (Å²) in [7, 11) is 0. The van der Waals surface area contributed by atoms with E-state index in [4.69, 9.17) is 15.2 Å². The van der Waals surface area contributed by atoms with Gasteiger partial charge in [-0.25, -0.2) is 19.5 Å². The van der Waals surface area contributed by atoms with Crippen LogP contribution in [0.15, 0.2) is 65.8 Å². The van der Waals surface area contributed by atoms with Crippen molar-refractivity contribution in [1.82, 2.24) is 24.6 Å². The molecule has 2 N–H and O–H groups in total. The third-order valence-corrected chi connectivity index (χ3v) is 5.46. The summed E-state index contributed by atoms with van der Waals surface area (Å²) < 4.78 is 14.6. The zero-order valence-electron chi connectivity index (χ0n) is 16.5. The summed E-state index contributed by atoms with van der Waals surface area (Å²) in [6.45, 7) is 2.35. The van der Waals surface area contributed by atoms with Gasteiger partial charge >= 0.3 is 0 Å². The van der Waals surface area contributed by atoms with Crippen molar-refractivity contribution in [3.63, 3.8) is 0 Å². The van der Waals surface area contributed by atoms with Crippen LogP contribution in [-0.2, 0) is 6.61 Å². The van der Waals surface area contributed by atoms with Gasteiger partial charge < -0.3 is 15.2 Å². The number of aromatic nitrogens is 5. The maximum Gasteiger partial charge on any atom is 0.158 e. The number of rotatable bonds is 5. The van der Waals surface area contributed by atoms with E-state index in [1.807, 2.05) is 55.6 Å². The maximum atomic E-state index is 6.10. The van der Waals surface area contributed by atoms with Gasteiger partial charge in [0, 0.05) is 12.3 Å². The average Bonchev–Trinajstić information content (AvgIpc) is 3.23. The molecule has 0 aliphatic heterocycles. The lowest BCUT2D eigenvalue weighted by Crippen LogP contribution is -2.01. The second-order valence-corrected chi connectivity index (χ2v) is 7.80. The minimum absolute atomic E-state index is 0.360. The van der Waals surface area contributed by atoms with E-state index in [0.717, 1.165) is 32.5 Å². The van der Waals surface area contributed by atoms with E-state index in [9.17, 15) is 0 Å². The molecule has 0 unspecified atom stereocenters. The molecule has 8 nitrogen and oxygen atoms in total. The number of nitrogen functional groups attached to an aromatic ring is 1. The summed E-state index contributed by atoms with van der Waals surface area (Å²) in [5, 5.41) is 4.78. The first-order chi connectivity index (χ1) is 15.1. The molecule has 0 saturated heterocycles.